The van der Waals surface area contributed by atoms with Gasteiger partial charge in [0, 0.05) is 66.8 Å². The number of benzene rings is 4. The molecular weight excluding hydrogens is 960 g/mol. The number of hydrogen-bond acceptors (Lipinski definition) is 24. The van der Waals surface area contributed by atoms with Crippen LogP contribution in [0.3, 0.4) is 0 Å². The molecule has 0 aromatic heterocycles. The normalized spacial score (nSPS) is 9.14. The van der Waals surface area contributed by atoms with Gasteiger partial charge in [-0.15, -0.1) is 0 Å². The van der Waals surface area contributed by atoms with Gasteiger partial charge in [-0.25, -0.2) is 0 Å². The summed E-state index contributed by atoms with van der Waals surface area (Å²) >= 11 is 0. The minimum absolute atomic E-state index is 0. The summed E-state index contributed by atoms with van der Waals surface area (Å²) in [5, 5.41) is 126. The Morgan fingerprint density at radius 3 is 0.365 bits per heavy atom. The van der Waals surface area contributed by atoms with Crippen LogP contribution in [0.4, 0.5) is 0 Å². The maximum Gasteiger partial charge on any atom is 4.00 e. The van der Waals surface area contributed by atoms with Gasteiger partial charge in [0.05, 0.1) is 71.6 Å². The molecule has 0 bridgehead atoms. The molecule has 24 nitrogen and oxygen atoms in total. The molecule has 0 saturated heterocycles. The molecule has 0 spiro atoms. The van der Waals surface area contributed by atoms with E-state index in [2.05, 4.69) is 0 Å². The SMILES string of the molecule is O=C([O-])c1cccc(C(=O)[O-])c1C(=O)[O-].O=C([O-])c1cccc(C(=O)[O-])c1C(=O)[O-].O=C([O-])c1cccc(C(=O)[O-])c1C(=O)[O-].O=C([O-])c1cccc(C(=O)[O-])c1C(=O)[O-].[Ti+4].[Ti+4].[Ti+4]. The minimum Gasteiger partial charge on any atom is -0.545 e. The number of carbonyl (C=O) groups excluding carboxylic acids is 12. The summed E-state index contributed by atoms with van der Waals surface area (Å²) in [7, 11) is 0. The van der Waals surface area contributed by atoms with Gasteiger partial charge in [0.25, 0.3) is 0 Å². The van der Waals surface area contributed by atoms with E-state index < -0.39 is 138 Å². The molecule has 27 heteroatoms. The van der Waals surface area contributed by atoms with E-state index >= 15 is 0 Å². The standard InChI is InChI=1S/4C9H6O6.3Ti/c4*10-7(11)4-2-1-3-5(8(12)13)6(4)9(14)15;;;/h4*1-3H,(H,10,11)(H,12,13)(H,14,15);;;/q;;;;3*+4/p-12. The molecule has 4 aromatic carbocycles. The average Bonchev–Trinajstić information content (AvgIpc) is 3.16. The fraction of sp³-hybridized carbons (Fsp3) is 0. The van der Waals surface area contributed by atoms with Crippen LogP contribution in [0.2, 0.25) is 0 Å². The third-order valence-electron chi connectivity index (χ3n) is 6.83. The molecule has 63 heavy (non-hydrogen) atoms. The number of rotatable bonds is 12. The molecule has 312 valence electrons. The minimum atomic E-state index is -1.91. The van der Waals surface area contributed by atoms with Crippen LogP contribution >= 0.6 is 0 Å². The summed E-state index contributed by atoms with van der Waals surface area (Å²) in [5.74, 6) is -22.0. The zero-order valence-electron chi connectivity index (χ0n) is 30.2. The van der Waals surface area contributed by atoms with E-state index in [1.165, 1.54) is 0 Å². The van der Waals surface area contributed by atoms with Crippen LogP contribution in [0.5, 0.6) is 0 Å². The van der Waals surface area contributed by atoms with Gasteiger partial charge in [0.2, 0.25) is 0 Å². The summed E-state index contributed by atoms with van der Waals surface area (Å²) in [5.41, 5.74) is -9.81. The molecular formula is C36H12O24Ti3. The van der Waals surface area contributed by atoms with E-state index in [-0.39, 0.29) is 65.2 Å². The molecule has 4 aromatic rings. The summed E-state index contributed by atoms with van der Waals surface area (Å²) < 4.78 is 0. The van der Waals surface area contributed by atoms with E-state index in [1.807, 2.05) is 0 Å². The van der Waals surface area contributed by atoms with Crippen molar-refractivity contribution in [1.29, 1.82) is 0 Å². The van der Waals surface area contributed by atoms with Crippen molar-refractivity contribution in [3.05, 3.63) is 140 Å². The van der Waals surface area contributed by atoms with Gasteiger partial charge in [0.15, 0.2) is 0 Å². The monoisotopic (exact) mass is 972 g/mol. The summed E-state index contributed by atoms with van der Waals surface area (Å²) in [6.07, 6.45) is 0. The summed E-state index contributed by atoms with van der Waals surface area (Å²) in [6, 6.07) is 11.6. The molecule has 0 amide bonds. The van der Waals surface area contributed by atoms with Crippen molar-refractivity contribution in [2.24, 2.45) is 0 Å². The zero-order chi connectivity index (χ0) is 46.3. The van der Waals surface area contributed by atoms with Crippen LogP contribution in [0, 0.1) is 0 Å². The van der Waals surface area contributed by atoms with Gasteiger partial charge in [-0.3, -0.25) is 0 Å². The Labute approximate surface area is 392 Å². The molecule has 0 unspecified atom stereocenters. The first-order valence-electron chi connectivity index (χ1n) is 14.9. The maximum atomic E-state index is 10.6. The van der Waals surface area contributed by atoms with E-state index in [0.29, 0.717) is 0 Å². The van der Waals surface area contributed by atoms with Crippen LogP contribution in [-0.4, -0.2) is 71.6 Å². The second-order valence-electron chi connectivity index (χ2n) is 10.4. The Balaban J connectivity index is -0.000000750. The first-order valence-corrected chi connectivity index (χ1v) is 14.9. The molecule has 0 fully saturated rings. The second-order valence-corrected chi connectivity index (χ2v) is 10.4. The topological polar surface area (TPSA) is 482 Å². The van der Waals surface area contributed by atoms with Crippen LogP contribution in [0.25, 0.3) is 0 Å². The largest absolute Gasteiger partial charge is 4.00 e. The van der Waals surface area contributed by atoms with Gasteiger partial charge < -0.3 is 119 Å². The molecule has 4 rings (SSSR count). The molecule has 0 saturated carbocycles. The molecule has 0 heterocycles. The van der Waals surface area contributed by atoms with Gasteiger partial charge in [-0.2, -0.15) is 0 Å². The average molecular weight is 972 g/mol. The first-order chi connectivity index (χ1) is 27.8. The first kappa shape index (κ1) is 60.0. The van der Waals surface area contributed by atoms with Crippen LogP contribution in [0.1, 0.15) is 124 Å². The Bertz CT molecular complexity index is 2020. The zero-order valence-corrected chi connectivity index (χ0v) is 34.9. The van der Waals surface area contributed by atoms with E-state index in [0.717, 1.165) is 72.8 Å². The van der Waals surface area contributed by atoms with Crippen molar-refractivity contribution >= 4 is 71.6 Å². The maximum absolute atomic E-state index is 10.6. The fourth-order valence-electron chi connectivity index (χ4n) is 4.45. The van der Waals surface area contributed by atoms with E-state index in [1.54, 1.807) is 0 Å². The van der Waals surface area contributed by atoms with E-state index in [9.17, 15) is 119 Å². The van der Waals surface area contributed by atoms with Crippen molar-refractivity contribution in [3.63, 3.8) is 0 Å². The molecule has 0 aliphatic rings. The Kier molecular flexibility index (Phi) is 25.5. The predicted molar refractivity (Wildman–Crippen MR) is 158 cm³/mol. The smallest absolute Gasteiger partial charge is 0.545 e. The number of carboxylic acids is 12. The third kappa shape index (κ3) is 16.2. The molecule has 0 aliphatic carbocycles. The van der Waals surface area contributed by atoms with Crippen molar-refractivity contribution in [2.45, 2.75) is 0 Å². The van der Waals surface area contributed by atoms with Gasteiger partial charge in [-0.05, 0) is 0 Å². The summed E-state index contributed by atoms with van der Waals surface area (Å²) in [6.45, 7) is 0. The summed E-state index contributed by atoms with van der Waals surface area (Å²) in [4.78, 5) is 126. The number of carbonyl (C=O) groups is 12. The van der Waals surface area contributed by atoms with Crippen LogP contribution < -0.4 is 61.3 Å². The Morgan fingerprint density at radius 1 is 0.206 bits per heavy atom. The van der Waals surface area contributed by atoms with Crippen LogP contribution in [0.15, 0.2) is 72.8 Å². The molecule has 0 aliphatic heterocycles. The van der Waals surface area contributed by atoms with Crippen molar-refractivity contribution in [3.8, 4) is 0 Å². The Morgan fingerprint density at radius 2 is 0.302 bits per heavy atom. The van der Waals surface area contributed by atoms with Crippen molar-refractivity contribution in [2.75, 3.05) is 0 Å². The number of aromatic carboxylic acids is 12. The van der Waals surface area contributed by atoms with Gasteiger partial charge >= 0.3 is 65.2 Å². The predicted octanol–water partition coefficient (Wildman–Crippen LogP) is -12.9. The van der Waals surface area contributed by atoms with E-state index in [4.69, 9.17) is 0 Å². The Hall–Kier alpha value is -7.34. The van der Waals surface area contributed by atoms with Gasteiger partial charge in [-0.1, -0.05) is 72.8 Å². The molecule has 0 N–H and O–H groups in total. The number of carboxylic acid groups (broad SMARTS) is 12. The van der Waals surface area contributed by atoms with Gasteiger partial charge in [0.1, 0.15) is 0 Å². The molecule has 0 atom stereocenters. The third-order valence-corrected chi connectivity index (χ3v) is 6.83. The fourth-order valence-corrected chi connectivity index (χ4v) is 4.45. The van der Waals surface area contributed by atoms with Crippen molar-refractivity contribution in [1.82, 2.24) is 0 Å². The van der Waals surface area contributed by atoms with Crippen LogP contribution in [-0.2, 0) is 65.2 Å². The molecule has 0 radical (unpaired) electrons. The number of hydrogen-bond donors (Lipinski definition) is 0. The quantitative estimate of drug-likeness (QED) is 0.119. The van der Waals surface area contributed by atoms with Crippen molar-refractivity contribution < 1.29 is 184 Å². The second kappa shape index (κ2) is 26.8.